The Labute approximate surface area is 98.8 Å². The summed E-state index contributed by atoms with van der Waals surface area (Å²) in [6.45, 7) is 2.10. The lowest BCUT2D eigenvalue weighted by atomic mass is 10.3. The van der Waals surface area contributed by atoms with Gasteiger partial charge >= 0.3 is 0 Å². The number of pyridine rings is 1. The van der Waals surface area contributed by atoms with Crippen LogP contribution in [0.1, 0.15) is 23.8 Å². The van der Waals surface area contributed by atoms with Gasteiger partial charge in [-0.05, 0) is 18.6 Å². The van der Waals surface area contributed by atoms with Crippen LogP contribution in [0.3, 0.4) is 0 Å². The number of hydrogen-bond donors (Lipinski definition) is 1. The predicted molar refractivity (Wildman–Crippen MR) is 64.3 cm³/mol. The number of amides is 1. The van der Waals surface area contributed by atoms with Crippen molar-refractivity contribution in [1.29, 1.82) is 0 Å². The molecule has 0 aliphatic rings. The van der Waals surface area contributed by atoms with E-state index in [1.165, 1.54) is 18.7 Å². The van der Waals surface area contributed by atoms with Gasteiger partial charge in [-0.25, -0.2) is 0 Å². The molecule has 86 valence electrons. The van der Waals surface area contributed by atoms with Crippen LogP contribution in [0.25, 0.3) is 0 Å². The van der Waals surface area contributed by atoms with Gasteiger partial charge in [0, 0.05) is 25.4 Å². The molecule has 0 saturated heterocycles. The van der Waals surface area contributed by atoms with Crippen molar-refractivity contribution in [3.8, 4) is 0 Å². The lowest BCUT2D eigenvalue weighted by Crippen LogP contribution is -2.25. The van der Waals surface area contributed by atoms with Gasteiger partial charge in [-0.1, -0.05) is 17.8 Å². The largest absolute Gasteiger partial charge is 0.351 e. The van der Waals surface area contributed by atoms with Gasteiger partial charge in [-0.3, -0.25) is 14.6 Å². The van der Waals surface area contributed by atoms with E-state index in [-0.39, 0.29) is 11.0 Å². The molecule has 1 aromatic heterocycles. The average molecular weight is 238 g/mol. The molecule has 4 nitrogen and oxygen atoms in total. The highest BCUT2D eigenvalue weighted by Crippen LogP contribution is 2.02. The van der Waals surface area contributed by atoms with E-state index in [0.717, 1.165) is 12.2 Å². The normalized spacial score (nSPS) is 9.81. The summed E-state index contributed by atoms with van der Waals surface area (Å²) in [6.07, 6.45) is 2.36. The number of nitrogens with one attached hydrogen (secondary N) is 1. The minimum atomic E-state index is -0.173. The summed E-state index contributed by atoms with van der Waals surface area (Å²) >= 11 is 1.27. The van der Waals surface area contributed by atoms with Crippen LogP contribution >= 0.6 is 11.8 Å². The van der Waals surface area contributed by atoms with Gasteiger partial charge < -0.3 is 5.32 Å². The SMILES string of the molecule is CC(=O)SCCCNC(=O)c1ccccn1. The third-order valence-electron chi connectivity index (χ3n) is 1.81. The van der Waals surface area contributed by atoms with Gasteiger partial charge in [0.1, 0.15) is 5.69 Å². The maximum atomic E-state index is 11.5. The maximum absolute atomic E-state index is 11.5. The zero-order valence-electron chi connectivity index (χ0n) is 9.10. The van der Waals surface area contributed by atoms with Gasteiger partial charge in [0.05, 0.1) is 0 Å². The molecule has 0 atom stereocenters. The lowest BCUT2D eigenvalue weighted by Gasteiger charge is -2.03. The molecule has 1 heterocycles. The number of carbonyl (C=O) groups excluding carboxylic acids is 2. The Bertz CT molecular complexity index is 354. The van der Waals surface area contributed by atoms with Crippen LogP contribution in [0.15, 0.2) is 24.4 Å². The second-order valence-electron chi connectivity index (χ2n) is 3.16. The Balaban J connectivity index is 2.19. The third-order valence-corrected chi connectivity index (χ3v) is 2.71. The molecular formula is C11H14N2O2S. The molecule has 0 aromatic carbocycles. The number of carbonyl (C=O) groups is 2. The molecule has 0 aliphatic carbocycles. The highest BCUT2D eigenvalue weighted by Gasteiger charge is 2.04. The summed E-state index contributed by atoms with van der Waals surface area (Å²) in [6, 6.07) is 5.20. The van der Waals surface area contributed by atoms with E-state index in [4.69, 9.17) is 0 Å². The van der Waals surface area contributed by atoms with Crippen LogP contribution in [0.5, 0.6) is 0 Å². The van der Waals surface area contributed by atoms with Gasteiger partial charge in [-0.15, -0.1) is 0 Å². The van der Waals surface area contributed by atoms with E-state index in [1.54, 1.807) is 24.4 Å². The quantitative estimate of drug-likeness (QED) is 0.789. The summed E-state index contributed by atoms with van der Waals surface area (Å²) in [7, 11) is 0. The number of thioether (sulfide) groups is 1. The first-order chi connectivity index (χ1) is 7.70. The predicted octanol–water partition coefficient (Wildman–Crippen LogP) is 1.48. The van der Waals surface area contributed by atoms with Crippen molar-refractivity contribution in [2.75, 3.05) is 12.3 Å². The Morgan fingerprint density at radius 3 is 2.88 bits per heavy atom. The molecule has 1 N–H and O–H groups in total. The van der Waals surface area contributed by atoms with Gasteiger partial charge in [0.15, 0.2) is 5.12 Å². The zero-order valence-corrected chi connectivity index (χ0v) is 9.92. The average Bonchev–Trinajstić information content (AvgIpc) is 2.29. The van der Waals surface area contributed by atoms with Crippen molar-refractivity contribution in [2.24, 2.45) is 0 Å². The van der Waals surface area contributed by atoms with Crippen LogP contribution in [0, 0.1) is 0 Å². The Hall–Kier alpha value is -1.36. The van der Waals surface area contributed by atoms with Crippen molar-refractivity contribution >= 4 is 22.8 Å². The summed E-state index contributed by atoms with van der Waals surface area (Å²) in [5.74, 6) is 0.561. The van der Waals surface area contributed by atoms with Crippen LogP contribution in [-0.2, 0) is 4.79 Å². The first-order valence-corrected chi connectivity index (χ1v) is 6.01. The fourth-order valence-corrected chi connectivity index (χ4v) is 1.65. The summed E-state index contributed by atoms with van der Waals surface area (Å²) in [5.41, 5.74) is 0.418. The van der Waals surface area contributed by atoms with E-state index in [2.05, 4.69) is 10.3 Å². The second kappa shape index (κ2) is 7.00. The van der Waals surface area contributed by atoms with Crippen molar-refractivity contribution in [1.82, 2.24) is 10.3 Å². The highest BCUT2D eigenvalue weighted by molar-refractivity contribution is 8.13. The molecule has 0 bridgehead atoms. The number of aromatic nitrogens is 1. The third kappa shape index (κ3) is 4.93. The van der Waals surface area contributed by atoms with E-state index >= 15 is 0 Å². The smallest absolute Gasteiger partial charge is 0.269 e. The Kier molecular flexibility index (Phi) is 5.56. The molecule has 5 heteroatoms. The fraction of sp³-hybridized carbons (Fsp3) is 0.364. The van der Waals surface area contributed by atoms with E-state index in [0.29, 0.717) is 12.2 Å². The molecule has 0 unspecified atom stereocenters. The van der Waals surface area contributed by atoms with Crippen LogP contribution in [-0.4, -0.2) is 28.3 Å². The molecule has 0 radical (unpaired) electrons. The van der Waals surface area contributed by atoms with Crippen molar-refractivity contribution in [3.05, 3.63) is 30.1 Å². The van der Waals surface area contributed by atoms with Crippen molar-refractivity contribution < 1.29 is 9.59 Å². The van der Waals surface area contributed by atoms with Gasteiger partial charge in [-0.2, -0.15) is 0 Å². The lowest BCUT2D eigenvalue weighted by molar-refractivity contribution is -0.109. The van der Waals surface area contributed by atoms with Gasteiger partial charge in [0.25, 0.3) is 5.91 Å². The Morgan fingerprint density at radius 1 is 1.44 bits per heavy atom. The Morgan fingerprint density at radius 2 is 2.25 bits per heavy atom. The number of hydrogen-bond acceptors (Lipinski definition) is 4. The van der Waals surface area contributed by atoms with Crippen LogP contribution in [0.2, 0.25) is 0 Å². The van der Waals surface area contributed by atoms with E-state index in [9.17, 15) is 9.59 Å². The maximum Gasteiger partial charge on any atom is 0.269 e. The van der Waals surface area contributed by atoms with Crippen molar-refractivity contribution in [2.45, 2.75) is 13.3 Å². The monoisotopic (exact) mass is 238 g/mol. The molecule has 0 fully saturated rings. The number of rotatable bonds is 5. The standard InChI is InChI=1S/C11H14N2O2S/c1-9(14)16-8-4-7-13-11(15)10-5-2-3-6-12-10/h2-3,5-6H,4,7-8H2,1H3,(H,13,15). The van der Waals surface area contributed by atoms with Crippen LogP contribution < -0.4 is 5.32 Å². The minimum absolute atomic E-state index is 0.107. The zero-order chi connectivity index (χ0) is 11.8. The minimum Gasteiger partial charge on any atom is -0.351 e. The second-order valence-corrected chi connectivity index (χ2v) is 4.44. The highest BCUT2D eigenvalue weighted by atomic mass is 32.2. The molecule has 0 spiro atoms. The summed E-state index contributed by atoms with van der Waals surface area (Å²) in [5, 5.41) is 2.85. The topological polar surface area (TPSA) is 59.1 Å². The molecule has 1 rings (SSSR count). The molecule has 0 aliphatic heterocycles. The first kappa shape index (κ1) is 12.7. The summed E-state index contributed by atoms with van der Waals surface area (Å²) < 4.78 is 0. The molecule has 1 aromatic rings. The fourth-order valence-electron chi connectivity index (χ4n) is 1.08. The first-order valence-electron chi connectivity index (χ1n) is 5.03. The van der Waals surface area contributed by atoms with E-state index in [1.807, 2.05) is 0 Å². The molecule has 16 heavy (non-hydrogen) atoms. The van der Waals surface area contributed by atoms with Crippen LogP contribution in [0.4, 0.5) is 0 Å². The molecular weight excluding hydrogens is 224 g/mol. The molecule has 0 saturated carbocycles. The summed E-state index contributed by atoms with van der Waals surface area (Å²) in [4.78, 5) is 26.1. The van der Waals surface area contributed by atoms with Crippen molar-refractivity contribution in [3.63, 3.8) is 0 Å². The number of nitrogens with zero attached hydrogens (tertiary/aromatic N) is 1. The molecule has 1 amide bonds. The van der Waals surface area contributed by atoms with E-state index < -0.39 is 0 Å². The van der Waals surface area contributed by atoms with Gasteiger partial charge in [0.2, 0.25) is 0 Å².